The van der Waals surface area contributed by atoms with Crippen LogP contribution in [0.25, 0.3) is 0 Å². The monoisotopic (exact) mass is 140 g/mol. The summed E-state index contributed by atoms with van der Waals surface area (Å²) in [4.78, 5) is 0. The average molecular weight is 140 g/mol. The molecule has 0 N–H and O–H groups in total. The molecule has 3 rings (SSSR count). The van der Waals surface area contributed by atoms with E-state index in [1.54, 1.807) is 0 Å². The molecule has 0 aromatic heterocycles. The molecule has 0 spiro atoms. The largest absolute Gasteiger partial charge is 0.384 e. The van der Waals surface area contributed by atoms with Crippen molar-refractivity contribution < 1.29 is 4.74 Å². The van der Waals surface area contributed by atoms with Gasteiger partial charge < -0.3 is 4.74 Å². The van der Waals surface area contributed by atoms with Gasteiger partial charge in [-0.25, -0.2) is 0 Å². The number of rotatable bonds is 3. The molecular weight excluding hydrogens is 124 g/mol. The average Bonchev–Trinajstić information content (AvgIpc) is 1.74. The molecule has 0 unspecified atom stereocenters. The van der Waals surface area contributed by atoms with Crippen LogP contribution in [-0.4, -0.2) is 13.7 Å². The van der Waals surface area contributed by atoms with E-state index in [9.17, 15) is 0 Å². The molecule has 58 valence electrons. The SMILES string of the molecule is CCC12CC(COC)(C1)C2. The second-order valence-electron chi connectivity index (χ2n) is 4.32. The fourth-order valence-corrected chi connectivity index (χ4v) is 3.07. The lowest BCUT2D eigenvalue weighted by molar-refractivity contribution is -0.228. The fourth-order valence-electron chi connectivity index (χ4n) is 3.07. The molecule has 3 aliphatic carbocycles. The van der Waals surface area contributed by atoms with Gasteiger partial charge >= 0.3 is 0 Å². The molecule has 3 fully saturated rings. The van der Waals surface area contributed by atoms with Gasteiger partial charge in [0.15, 0.2) is 0 Å². The number of ether oxygens (including phenoxy) is 1. The van der Waals surface area contributed by atoms with E-state index in [-0.39, 0.29) is 0 Å². The molecule has 3 aliphatic rings. The third-order valence-corrected chi connectivity index (χ3v) is 3.45. The molecule has 1 heteroatoms. The molecule has 0 amide bonds. The first kappa shape index (κ1) is 6.66. The van der Waals surface area contributed by atoms with Crippen molar-refractivity contribution in [3.8, 4) is 0 Å². The Morgan fingerprint density at radius 2 is 1.80 bits per heavy atom. The highest BCUT2D eigenvalue weighted by atomic mass is 16.5. The van der Waals surface area contributed by atoms with Crippen LogP contribution >= 0.6 is 0 Å². The van der Waals surface area contributed by atoms with Gasteiger partial charge in [-0.2, -0.15) is 0 Å². The predicted molar refractivity (Wildman–Crippen MR) is 40.9 cm³/mol. The molecule has 0 saturated heterocycles. The number of hydrogen-bond donors (Lipinski definition) is 0. The maximum Gasteiger partial charge on any atom is 0.0519 e. The van der Waals surface area contributed by atoms with E-state index in [0.29, 0.717) is 5.41 Å². The highest BCUT2D eigenvalue weighted by Gasteiger charge is 2.66. The van der Waals surface area contributed by atoms with Crippen molar-refractivity contribution in [2.24, 2.45) is 10.8 Å². The van der Waals surface area contributed by atoms with E-state index in [0.717, 1.165) is 12.0 Å². The lowest BCUT2D eigenvalue weighted by atomic mass is 9.35. The van der Waals surface area contributed by atoms with Crippen molar-refractivity contribution in [3.05, 3.63) is 0 Å². The Morgan fingerprint density at radius 3 is 2.20 bits per heavy atom. The van der Waals surface area contributed by atoms with Crippen LogP contribution in [0.2, 0.25) is 0 Å². The van der Waals surface area contributed by atoms with E-state index in [2.05, 4.69) is 6.92 Å². The van der Waals surface area contributed by atoms with Crippen molar-refractivity contribution >= 4 is 0 Å². The van der Waals surface area contributed by atoms with Crippen LogP contribution in [0.4, 0.5) is 0 Å². The summed E-state index contributed by atoms with van der Waals surface area (Å²) in [5.74, 6) is 0. The summed E-state index contributed by atoms with van der Waals surface area (Å²) in [6.45, 7) is 3.32. The molecule has 2 bridgehead atoms. The highest BCUT2D eigenvalue weighted by molar-refractivity contribution is 5.16. The van der Waals surface area contributed by atoms with Gasteiger partial charge in [-0.3, -0.25) is 0 Å². The van der Waals surface area contributed by atoms with Crippen LogP contribution in [0, 0.1) is 10.8 Å². The molecule has 0 atom stereocenters. The number of methoxy groups -OCH3 is 1. The van der Waals surface area contributed by atoms with Gasteiger partial charge in [0.2, 0.25) is 0 Å². The van der Waals surface area contributed by atoms with E-state index >= 15 is 0 Å². The van der Waals surface area contributed by atoms with Gasteiger partial charge in [-0.05, 0) is 30.1 Å². The lowest BCUT2D eigenvalue weighted by Gasteiger charge is -2.71. The van der Waals surface area contributed by atoms with Crippen LogP contribution in [0.1, 0.15) is 32.6 Å². The molecule has 0 aromatic carbocycles. The van der Waals surface area contributed by atoms with Crippen molar-refractivity contribution in [1.29, 1.82) is 0 Å². The van der Waals surface area contributed by atoms with Gasteiger partial charge in [0.1, 0.15) is 0 Å². The third kappa shape index (κ3) is 0.619. The minimum Gasteiger partial charge on any atom is -0.384 e. The molecule has 0 radical (unpaired) electrons. The van der Waals surface area contributed by atoms with E-state index in [1.165, 1.54) is 25.7 Å². The lowest BCUT2D eigenvalue weighted by Crippen LogP contribution is -2.63. The van der Waals surface area contributed by atoms with Crippen molar-refractivity contribution in [2.75, 3.05) is 13.7 Å². The van der Waals surface area contributed by atoms with Gasteiger partial charge in [0, 0.05) is 7.11 Å². The summed E-state index contributed by atoms with van der Waals surface area (Å²) in [6.07, 6.45) is 5.73. The first-order valence-corrected chi connectivity index (χ1v) is 4.23. The van der Waals surface area contributed by atoms with Crippen LogP contribution in [0.3, 0.4) is 0 Å². The van der Waals surface area contributed by atoms with E-state index < -0.39 is 0 Å². The molecule has 0 heterocycles. The molecule has 0 aromatic rings. The highest BCUT2D eigenvalue weighted by Crippen LogP contribution is 2.74. The Balaban J connectivity index is 1.86. The van der Waals surface area contributed by atoms with Crippen molar-refractivity contribution in [2.45, 2.75) is 32.6 Å². The van der Waals surface area contributed by atoms with Gasteiger partial charge in [0.05, 0.1) is 6.61 Å². The smallest absolute Gasteiger partial charge is 0.0519 e. The first-order valence-electron chi connectivity index (χ1n) is 4.23. The second-order valence-corrected chi connectivity index (χ2v) is 4.32. The fraction of sp³-hybridized carbons (Fsp3) is 1.00. The van der Waals surface area contributed by atoms with E-state index in [1.807, 2.05) is 7.11 Å². The zero-order chi connectivity index (χ0) is 7.24. The van der Waals surface area contributed by atoms with Crippen LogP contribution in [0.15, 0.2) is 0 Å². The third-order valence-electron chi connectivity index (χ3n) is 3.45. The Bertz CT molecular complexity index is 131. The topological polar surface area (TPSA) is 9.23 Å². The summed E-state index contributed by atoms with van der Waals surface area (Å²) in [6, 6.07) is 0. The van der Waals surface area contributed by atoms with Gasteiger partial charge in [0.25, 0.3) is 0 Å². The summed E-state index contributed by atoms with van der Waals surface area (Å²) in [5, 5.41) is 0. The molecule has 3 saturated carbocycles. The quantitative estimate of drug-likeness (QED) is 0.584. The van der Waals surface area contributed by atoms with Crippen LogP contribution in [0.5, 0.6) is 0 Å². The Kier molecular flexibility index (Phi) is 1.17. The van der Waals surface area contributed by atoms with E-state index in [4.69, 9.17) is 4.74 Å². The molecule has 1 nitrogen and oxygen atoms in total. The standard InChI is InChI=1S/C9H16O/c1-3-8-4-9(5-8,6-8)7-10-2/h3-7H2,1-2H3. The van der Waals surface area contributed by atoms with Gasteiger partial charge in [-0.1, -0.05) is 13.3 Å². The predicted octanol–water partition coefficient (Wildman–Crippen LogP) is 2.21. The van der Waals surface area contributed by atoms with Gasteiger partial charge in [-0.15, -0.1) is 0 Å². The minimum atomic E-state index is 0.658. The summed E-state index contributed by atoms with van der Waals surface area (Å²) < 4.78 is 5.18. The summed E-state index contributed by atoms with van der Waals surface area (Å²) in [7, 11) is 1.82. The molecule has 0 aliphatic heterocycles. The summed E-state index contributed by atoms with van der Waals surface area (Å²) in [5.41, 5.74) is 1.45. The summed E-state index contributed by atoms with van der Waals surface area (Å²) >= 11 is 0. The Labute approximate surface area is 62.8 Å². The zero-order valence-electron chi connectivity index (χ0n) is 6.94. The minimum absolute atomic E-state index is 0.658. The maximum atomic E-state index is 5.18. The molecular formula is C9H16O. The normalized spacial score (nSPS) is 49.8. The Hall–Kier alpha value is -0.0400. The number of hydrogen-bond acceptors (Lipinski definition) is 1. The Morgan fingerprint density at radius 1 is 1.20 bits per heavy atom. The molecule has 10 heavy (non-hydrogen) atoms. The zero-order valence-corrected chi connectivity index (χ0v) is 6.94. The first-order chi connectivity index (χ1) is 4.74. The van der Waals surface area contributed by atoms with Crippen molar-refractivity contribution in [3.63, 3.8) is 0 Å². The van der Waals surface area contributed by atoms with Crippen LogP contribution in [-0.2, 0) is 4.74 Å². The van der Waals surface area contributed by atoms with Crippen LogP contribution < -0.4 is 0 Å². The second kappa shape index (κ2) is 1.76. The maximum absolute atomic E-state index is 5.18. The van der Waals surface area contributed by atoms with Crippen molar-refractivity contribution in [1.82, 2.24) is 0 Å².